The van der Waals surface area contributed by atoms with Crippen molar-refractivity contribution in [3.8, 4) is 0 Å². The van der Waals surface area contributed by atoms with Gasteiger partial charge in [0.15, 0.2) is 0 Å². The zero-order chi connectivity index (χ0) is 13.0. The van der Waals surface area contributed by atoms with Gasteiger partial charge in [0.2, 0.25) is 0 Å². The van der Waals surface area contributed by atoms with Crippen molar-refractivity contribution in [2.24, 2.45) is 0 Å². The van der Waals surface area contributed by atoms with Crippen LogP contribution in [0.2, 0.25) is 0 Å². The van der Waals surface area contributed by atoms with Crippen LogP contribution in [0, 0.1) is 0 Å². The van der Waals surface area contributed by atoms with Crippen LogP contribution in [0.3, 0.4) is 0 Å². The van der Waals surface area contributed by atoms with E-state index in [1.54, 1.807) is 0 Å². The van der Waals surface area contributed by atoms with Crippen molar-refractivity contribution in [3.05, 3.63) is 23.8 Å². The Morgan fingerprint density at radius 1 is 1.28 bits per heavy atom. The molecule has 0 radical (unpaired) electrons. The lowest BCUT2D eigenvalue weighted by Crippen LogP contribution is -2.37. The molecule has 1 aromatic rings. The van der Waals surface area contributed by atoms with Gasteiger partial charge in [0.1, 0.15) is 0 Å². The summed E-state index contributed by atoms with van der Waals surface area (Å²) in [5.41, 5.74) is 9.74. The smallest absolute Gasteiger partial charge is 0.0419 e. The molecule has 0 amide bonds. The molecule has 3 nitrogen and oxygen atoms in total. The highest BCUT2D eigenvalue weighted by Crippen LogP contribution is 2.30. The minimum atomic E-state index is 0.958. The first-order chi connectivity index (χ1) is 8.76. The molecular weight excluding hydrogens is 222 g/mol. The van der Waals surface area contributed by atoms with Crippen molar-refractivity contribution < 1.29 is 0 Å². The number of likely N-dealkylation sites (N-methyl/N-ethyl adjacent to an activating group) is 1. The third-order valence-electron chi connectivity index (χ3n) is 3.96. The normalized spacial score (nSPS) is 14.9. The maximum absolute atomic E-state index is 6.07. The molecule has 1 aliphatic rings. The third-order valence-corrected chi connectivity index (χ3v) is 3.96. The summed E-state index contributed by atoms with van der Waals surface area (Å²) in [6.45, 7) is 10.1. The number of benzene rings is 1. The Labute approximate surface area is 111 Å². The number of fused-ring (bicyclic) bond motifs is 1. The van der Waals surface area contributed by atoms with E-state index >= 15 is 0 Å². The summed E-state index contributed by atoms with van der Waals surface area (Å²) in [7, 11) is 0. The molecule has 1 aromatic carbocycles. The van der Waals surface area contributed by atoms with Gasteiger partial charge >= 0.3 is 0 Å². The lowest BCUT2D eigenvalue weighted by atomic mass is 10.00. The standard InChI is InChI=1S/C15H25N3/c1-3-17(4-2)11-12-18-10-6-7-13-14(16)8-5-9-15(13)18/h5,8-9H,3-4,6-7,10-12,16H2,1-2H3. The molecule has 100 valence electrons. The summed E-state index contributed by atoms with van der Waals surface area (Å²) in [4.78, 5) is 4.97. The molecule has 0 atom stereocenters. The molecule has 0 spiro atoms. The third kappa shape index (κ3) is 2.78. The van der Waals surface area contributed by atoms with Gasteiger partial charge in [0, 0.05) is 31.0 Å². The zero-order valence-electron chi connectivity index (χ0n) is 11.7. The Morgan fingerprint density at radius 2 is 2.06 bits per heavy atom. The Kier molecular flexibility index (Phi) is 4.48. The van der Waals surface area contributed by atoms with Crippen molar-refractivity contribution in [1.29, 1.82) is 0 Å². The van der Waals surface area contributed by atoms with Gasteiger partial charge in [0.25, 0.3) is 0 Å². The second-order valence-electron chi connectivity index (χ2n) is 4.96. The van der Waals surface area contributed by atoms with Crippen LogP contribution in [0.25, 0.3) is 0 Å². The Morgan fingerprint density at radius 3 is 2.78 bits per heavy atom. The highest BCUT2D eigenvalue weighted by atomic mass is 15.2. The van der Waals surface area contributed by atoms with Gasteiger partial charge in [-0.2, -0.15) is 0 Å². The molecule has 1 aliphatic heterocycles. The molecule has 0 unspecified atom stereocenters. The Bertz CT molecular complexity index is 385. The SMILES string of the molecule is CCN(CC)CCN1CCCc2c(N)cccc21. The summed E-state index contributed by atoms with van der Waals surface area (Å²) in [5.74, 6) is 0. The van der Waals surface area contributed by atoms with Gasteiger partial charge in [-0.05, 0) is 43.6 Å². The van der Waals surface area contributed by atoms with E-state index in [4.69, 9.17) is 5.73 Å². The lowest BCUT2D eigenvalue weighted by Gasteiger charge is -2.33. The van der Waals surface area contributed by atoms with Gasteiger partial charge in [-0.15, -0.1) is 0 Å². The molecule has 1 heterocycles. The minimum Gasteiger partial charge on any atom is -0.398 e. The first-order valence-corrected chi connectivity index (χ1v) is 7.11. The number of nitrogens with zero attached hydrogens (tertiary/aromatic N) is 2. The highest BCUT2D eigenvalue weighted by Gasteiger charge is 2.18. The van der Waals surface area contributed by atoms with Crippen molar-refractivity contribution >= 4 is 11.4 Å². The lowest BCUT2D eigenvalue weighted by molar-refractivity contribution is 0.309. The summed E-state index contributed by atoms with van der Waals surface area (Å²) in [6.07, 6.45) is 2.35. The second kappa shape index (κ2) is 6.10. The van der Waals surface area contributed by atoms with E-state index in [1.165, 1.54) is 17.7 Å². The van der Waals surface area contributed by atoms with Gasteiger partial charge in [-0.3, -0.25) is 0 Å². The molecule has 0 fully saturated rings. The summed E-state index contributed by atoms with van der Waals surface area (Å²) < 4.78 is 0. The van der Waals surface area contributed by atoms with Crippen LogP contribution in [0.4, 0.5) is 11.4 Å². The first-order valence-electron chi connectivity index (χ1n) is 7.11. The second-order valence-corrected chi connectivity index (χ2v) is 4.96. The molecule has 2 N–H and O–H groups in total. The zero-order valence-corrected chi connectivity index (χ0v) is 11.7. The van der Waals surface area contributed by atoms with Crippen LogP contribution < -0.4 is 10.6 Å². The van der Waals surface area contributed by atoms with Crippen LogP contribution >= 0.6 is 0 Å². The van der Waals surface area contributed by atoms with E-state index in [0.717, 1.165) is 44.8 Å². The summed E-state index contributed by atoms with van der Waals surface area (Å²) >= 11 is 0. The minimum absolute atomic E-state index is 0.958. The topological polar surface area (TPSA) is 32.5 Å². The monoisotopic (exact) mass is 247 g/mol. The maximum atomic E-state index is 6.07. The first kappa shape index (κ1) is 13.2. The van der Waals surface area contributed by atoms with E-state index in [2.05, 4.69) is 35.8 Å². The van der Waals surface area contributed by atoms with E-state index in [9.17, 15) is 0 Å². The van der Waals surface area contributed by atoms with Crippen molar-refractivity contribution in [2.75, 3.05) is 43.4 Å². The van der Waals surface area contributed by atoms with Gasteiger partial charge in [-0.1, -0.05) is 19.9 Å². The molecule has 3 heteroatoms. The molecule has 0 bridgehead atoms. The number of rotatable bonds is 5. The average Bonchev–Trinajstić information content (AvgIpc) is 2.41. The molecule has 0 aliphatic carbocycles. The molecular formula is C15H25N3. The Balaban J connectivity index is 2.06. The predicted octanol–water partition coefficient (Wildman–Crippen LogP) is 2.36. The van der Waals surface area contributed by atoms with Gasteiger partial charge in [-0.25, -0.2) is 0 Å². The van der Waals surface area contributed by atoms with Gasteiger partial charge < -0.3 is 15.5 Å². The molecule has 0 saturated carbocycles. The number of hydrogen-bond donors (Lipinski definition) is 1. The van der Waals surface area contributed by atoms with Gasteiger partial charge in [0.05, 0.1) is 0 Å². The van der Waals surface area contributed by atoms with Crippen LogP contribution in [-0.2, 0) is 6.42 Å². The largest absolute Gasteiger partial charge is 0.398 e. The van der Waals surface area contributed by atoms with E-state index < -0.39 is 0 Å². The molecule has 18 heavy (non-hydrogen) atoms. The fraction of sp³-hybridized carbons (Fsp3) is 0.600. The van der Waals surface area contributed by atoms with Crippen LogP contribution in [-0.4, -0.2) is 37.6 Å². The van der Waals surface area contributed by atoms with Crippen LogP contribution in [0.5, 0.6) is 0 Å². The summed E-state index contributed by atoms with van der Waals surface area (Å²) in [6, 6.07) is 6.31. The summed E-state index contributed by atoms with van der Waals surface area (Å²) in [5, 5.41) is 0. The Hall–Kier alpha value is -1.22. The average molecular weight is 247 g/mol. The molecule has 0 aromatic heterocycles. The maximum Gasteiger partial charge on any atom is 0.0419 e. The number of nitrogen functional groups attached to an aromatic ring is 1. The van der Waals surface area contributed by atoms with Crippen LogP contribution in [0.1, 0.15) is 25.8 Å². The number of hydrogen-bond acceptors (Lipinski definition) is 3. The highest BCUT2D eigenvalue weighted by molar-refractivity contribution is 5.66. The predicted molar refractivity (Wildman–Crippen MR) is 79.2 cm³/mol. The fourth-order valence-corrected chi connectivity index (χ4v) is 2.76. The van der Waals surface area contributed by atoms with E-state index in [0.29, 0.717) is 0 Å². The number of anilines is 2. The fourth-order valence-electron chi connectivity index (χ4n) is 2.76. The molecule has 0 saturated heterocycles. The van der Waals surface area contributed by atoms with E-state index in [-0.39, 0.29) is 0 Å². The molecule has 2 rings (SSSR count). The van der Waals surface area contributed by atoms with Crippen molar-refractivity contribution in [1.82, 2.24) is 4.90 Å². The van der Waals surface area contributed by atoms with Crippen molar-refractivity contribution in [2.45, 2.75) is 26.7 Å². The van der Waals surface area contributed by atoms with Crippen LogP contribution in [0.15, 0.2) is 18.2 Å². The number of nitrogens with two attached hydrogens (primary N) is 1. The van der Waals surface area contributed by atoms with Crippen molar-refractivity contribution in [3.63, 3.8) is 0 Å². The van der Waals surface area contributed by atoms with E-state index in [1.807, 2.05) is 6.07 Å². The quantitative estimate of drug-likeness (QED) is 0.811.